The van der Waals surface area contributed by atoms with Gasteiger partial charge in [-0.2, -0.15) is 13.2 Å². The summed E-state index contributed by atoms with van der Waals surface area (Å²) in [6, 6.07) is 0.428. The van der Waals surface area contributed by atoms with Crippen LogP contribution in [0.5, 0.6) is 0 Å². The highest BCUT2D eigenvalue weighted by Crippen LogP contribution is 2.38. The van der Waals surface area contributed by atoms with E-state index in [0.717, 1.165) is 0 Å². The molecule has 1 saturated carbocycles. The molecule has 40 heavy (non-hydrogen) atoms. The molecule has 2 aliphatic rings. The van der Waals surface area contributed by atoms with Gasteiger partial charge in [0.25, 0.3) is 11.5 Å². The molecular formula is C27H32ClF4N5O3. The summed E-state index contributed by atoms with van der Waals surface area (Å²) in [4.78, 5) is 45.2. The van der Waals surface area contributed by atoms with E-state index in [4.69, 9.17) is 16.6 Å². The molecule has 1 aliphatic heterocycles. The summed E-state index contributed by atoms with van der Waals surface area (Å²) in [6.45, 7) is 5.33. The lowest BCUT2D eigenvalue weighted by Gasteiger charge is -2.36. The minimum Gasteiger partial charge on any atom is -0.359 e. The van der Waals surface area contributed by atoms with Crippen molar-refractivity contribution in [1.82, 2.24) is 19.8 Å². The molecule has 218 valence electrons. The zero-order chi connectivity index (χ0) is 29.5. The Morgan fingerprint density at radius 3 is 2.38 bits per heavy atom. The first-order valence-electron chi connectivity index (χ1n) is 13.2. The molecule has 13 heteroatoms. The van der Waals surface area contributed by atoms with Crippen LogP contribution in [0.4, 0.5) is 23.5 Å². The fourth-order valence-corrected chi connectivity index (χ4v) is 5.74. The van der Waals surface area contributed by atoms with Gasteiger partial charge in [0.05, 0.1) is 22.8 Å². The number of anilines is 1. The summed E-state index contributed by atoms with van der Waals surface area (Å²) in [5.41, 5.74) is -1.41. The standard InChI is InChI=1S/C27H32ClF4N5O3/c1-13(2)34-26-35-21-12-36(24(39)16-10-19(27(30,31)32)22(28)20(29)11-16)14(3)9-18(21)25(40)37(26)17-7-5-15(6-8-17)23(38)33-4/h10-11,13-15,17H,5-9,12H2,1-4H3,(H,33,38)(H,34,35)/t14-,15-,17-/m1/s1. The van der Waals surface area contributed by atoms with Crippen molar-refractivity contribution < 1.29 is 27.2 Å². The highest BCUT2D eigenvalue weighted by Gasteiger charge is 2.38. The van der Waals surface area contributed by atoms with E-state index < -0.39 is 40.1 Å². The summed E-state index contributed by atoms with van der Waals surface area (Å²) in [7, 11) is 1.60. The van der Waals surface area contributed by atoms with Gasteiger partial charge in [0.1, 0.15) is 5.82 Å². The number of hydrogen-bond acceptors (Lipinski definition) is 5. The van der Waals surface area contributed by atoms with E-state index in [1.54, 1.807) is 18.5 Å². The van der Waals surface area contributed by atoms with Crippen molar-refractivity contribution >= 4 is 29.4 Å². The fourth-order valence-electron chi connectivity index (χ4n) is 5.53. The Labute approximate surface area is 234 Å². The minimum absolute atomic E-state index is 0.0172. The maximum absolute atomic E-state index is 14.3. The molecule has 0 unspecified atom stereocenters. The lowest BCUT2D eigenvalue weighted by molar-refractivity contribution is -0.137. The number of rotatable bonds is 5. The Hall–Kier alpha value is -3.15. The van der Waals surface area contributed by atoms with Crippen LogP contribution in [0, 0.1) is 11.7 Å². The number of fused-ring (bicyclic) bond motifs is 1. The van der Waals surface area contributed by atoms with Crippen molar-refractivity contribution in [2.24, 2.45) is 5.92 Å². The molecule has 1 aliphatic carbocycles. The van der Waals surface area contributed by atoms with Crippen molar-refractivity contribution in [3.8, 4) is 0 Å². The zero-order valence-electron chi connectivity index (χ0n) is 22.7. The van der Waals surface area contributed by atoms with Crippen molar-refractivity contribution in [3.05, 3.63) is 55.7 Å². The van der Waals surface area contributed by atoms with Gasteiger partial charge in [0.15, 0.2) is 0 Å². The van der Waals surface area contributed by atoms with E-state index in [1.165, 1.54) is 4.90 Å². The Kier molecular flexibility index (Phi) is 8.49. The molecule has 4 rings (SSSR count). The first kappa shape index (κ1) is 29.8. The minimum atomic E-state index is -4.95. The predicted octanol–water partition coefficient (Wildman–Crippen LogP) is 4.94. The third-order valence-electron chi connectivity index (χ3n) is 7.58. The van der Waals surface area contributed by atoms with Crippen molar-refractivity contribution in [1.29, 1.82) is 0 Å². The highest BCUT2D eigenvalue weighted by molar-refractivity contribution is 6.31. The molecule has 0 saturated heterocycles. The summed E-state index contributed by atoms with van der Waals surface area (Å²) >= 11 is 5.53. The third-order valence-corrected chi connectivity index (χ3v) is 7.97. The van der Waals surface area contributed by atoms with E-state index in [-0.39, 0.29) is 42.4 Å². The van der Waals surface area contributed by atoms with Crippen LogP contribution in [0.3, 0.4) is 0 Å². The number of alkyl halides is 3. The summed E-state index contributed by atoms with van der Waals surface area (Å²) in [5, 5.41) is 4.79. The van der Waals surface area contributed by atoms with Gasteiger partial charge >= 0.3 is 6.18 Å². The molecule has 8 nitrogen and oxygen atoms in total. The van der Waals surface area contributed by atoms with Gasteiger partial charge in [-0.15, -0.1) is 0 Å². The second-order valence-electron chi connectivity index (χ2n) is 10.8. The molecule has 2 N–H and O–H groups in total. The molecule has 1 atom stereocenters. The Bertz CT molecular complexity index is 1370. The van der Waals surface area contributed by atoms with Crippen molar-refractivity contribution in [2.75, 3.05) is 12.4 Å². The number of carbonyl (C=O) groups excluding carboxylic acids is 2. The predicted molar refractivity (Wildman–Crippen MR) is 142 cm³/mol. The number of hydrogen-bond donors (Lipinski definition) is 2. The number of amides is 2. The normalized spacial score (nSPS) is 21.2. The molecule has 0 spiro atoms. The van der Waals surface area contributed by atoms with Gasteiger partial charge < -0.3 is 15.5 Å². The van der Waals surface area contributed by atoms with E-state index >= 15 is 0 Å². The van der Waals surface area contributed by atoms with E-state index in [2.05, 4.69) is 10.6 Å². The van der Waals surface area contributed by atoms with Gasteiger partial charge in [-0.3, -0.25) is 19.0 Å². The number of halogens is 5. The Balaban J connectivity index is 1.68. The average molecular weight is 586 g/mol. The molecule has 0 bridgehead atoms. The maximum Gasteiger partial charge on any atom is 0.417 e. The topological polar surface area (TPSA) is 96.3 Å². The van der Waals surface area contributed by atoms with Crippen LogP contribution in [0.15, 0.2) is 16.9 Å². The molecule has 2 heterocycles. The van der Waals surface area contributed by atoms with Crippen LogP contribution in [0.1, 0.15) is 79.7 Å². The van der Waals surface area contributed by atoms with E-state index in [1.807, 2.05) is 13.8 Å². The second-order valence-corrected chi connectivity index (χ2v) is 11.1. The first-order valence-corrected chi connectivity index (χ1v) is 13.6. The van der Waals surface area contributed by atoms with Crippen LogP contribution >= 0.6 is 11.6 Å². The lowest BCUT2D eigenvalue weighted by atomic mass is 9.85. The van der Waals surface area contributed by atoms with Crippen LogP contribution < -0.4 is 16.2 Å². The van der Waals surface area contributed by atoms with Gasteiger partial charge in [-0.05, 0) is 65.0 Å². The summed E-state index contributed by atoms with van der Waals surface area (Å²) in [6.07, 6.45) is -2.32. The van der Waals surface area contributed by atoms with Crippen LogP contribution in [0.2, 0.25) is 5.02 Å². The number of nitrogens with zero attached hydrogens (tertiary/aromatic N) is 3. The highest BCUT2D eigenvalue weighted by atomic mass is 35.5. The van der Waals surface area contributed by atoms with Crippen LogP contribution in [-0.4, -0.2) is 45.4 Å². The quantitative estimate of drug-likeness (QED) is 0.485. The maximum atomic E-state index is 14.3. The smallest absolute Gasteiger partial charge is 0.359 e. The van der Waals surface area contributed by atoms with Gasteiger partial charge in [-0.1, -0.05) is 11.6 Å². The molecule has 2 aromatic rings. The summed E-state index contributed by atoms with van der Waals surface area (Å²) < 4.78 is 56.1. The molecule has 1 aromatic carbocycles. The van der Waals surface area contributed by atoms with E-state index in [9.17, 15) is 31.9 Å². The molecule has 0 radical (unpaired) electrons. The average Bonchev–Trinajstić information content (AvgIpc) is 2.89. The zero-order valence-corrected chi connectivity index (χ0v) is 23.4. The largest absolute Gasteiger partial charge is 0.417 e. The number of nitrogens with one attached hydrogen (secondary N) is 2. The van der Waals surface area contributed by atoms with Gasteiger partial charge in [0, 0.05) is 42.2 Å². The summed E-state index contributed by atoms with van der Waals surface area (Å²) in [5.74, 6) is -1.96. The molecule has 2 amide bonds. The van der Waals surface area contributed by atoms with Crippen molar-refractivity contribution in [3.63, 3.8) is 0 Å². The van der Waals surface area contributed by atoms with Gasteiger partial charge in [0.2, 0.25) is 11.9 Å². The molecule has 1 aromatic heterocycles. The first-order chi connectivity index (χ1) is 18.7. The lowest BCUT2D eigenvalue weighted by Crippen LogP contribution is -2.47. The van der Waals surface area contributed by atoms with Gasteiger partial charge in [-0.25, -0.2) is 9.37 Å². The second kappa shape index (κ2) is 11.4. The number of aromatic nitrogens is 2. The number of benzene rings is 1. The number of carbonyl (C=O) groups is 2. The monoisotopic (exact) mass is 585 g/mol. The Morgan fingerprint density at radius 2 is 1.80 bits per heavy atom. The molecule has 1 fully saturated rings. The molecular weight excluding hydrogens is 554 g/mol. The third kappa shape index (κ3) is 5.82. The fraction of sp³-hybridized carbons (Fsp3) is 0.556. The van der Waals surface area contributed by atoms with Crippen LogP contribution in [0.25, 0.3) is 0 Å². The van der Waals surface area contributed by atoms with Crippen molar-refractivity contribution in [2.45, 2.75) is 83.7 Å². The van der Waals surface area contributed by atoms with E-state index in [0.29, 0.717) is 55.0 Å². The Morgan fingerprint density at radius 1 is 1.15 bits per heavy atom. The van der Waals surface area contributed by atoms with Crippen LogP contribution in [-0.2, 0) is 23.9 Å². The SMILES string of the molecule is CNC(=O)[C@H]1CC[C@H](n2c(NC(C)C)nc3c(c2=O)C[C@@H](C)N(C(=O)c2cc(F)c(Cl)c(C(F)(F)F)c2)C3)CC1.